The number of hydrogen-bond acceptors (Lipinski definition) is 1. The Morgan fingerprint density at radius 1 is 1.64 bits per heavy atom. The fourth-order valence-corrected chi connectivity index (χ4v) is 1.10. The quantitative estimate of drug-likeness (QED) is 0.828. The van der Waals surface area contributed by atoms with Crippen molar-refractivity contribution in [1.82, 2.24) is 0 Å². The molecule has 1 aromatic carbocycles. The molecule has 0 aromatic heterocycles. The summed E-state index contributed by atoms with van der Waals surface area (Å²) in [4.78, 5) is 10.9. The third-order valence-corrected chi connectivity index (χ3v) is 2.29. The predicted octanol–water partition coefficient (Wildman–Crippen LogP) is 3.20. The maximum Gasteiger partial charge on any atom is 0.237 e. The molecule has 1 unspecified atom stereocenters. The molecule has 0 aliphatic heterocycles. The topological polar surface area (TPSA) is 29.1 Å². The molecule has 0 bridgehead atoms. The number of nitrogens with one attached hydrogen (secondary N) is 1. The second-order valence-corrected chi connectivity index (χ2v) is 4.51. The minimum atomic E-state index is -0.438. The van der Waals surface area contributed by atoms with Gasteiger partial charge in [-0.2, -0.15) is 0 Å². The number of alkyl halides is 1. The van der Waals surface area contributed by atoms with Gasteiger partial charge in [0, 0.05) is 0 Å². The van der Waals surface area contributed by atoms with Crippen molar-refractivity contribution in [2.45, 2.75) is 11.8 Å². The number of amides is 1. The molecule has 0 heterocycles. The Bertz CT molecular complexity index is 357. The lowest BCUT2D eigenvalue weighted by Crippen LogP contribution is -2.20. The Balaban J connectivity index is 2.86. The van der Waals surface area contributed by atoms with Crippen molar-refractivity contribution in [2.24, 2.45) is 0 Å². The number of hydrogen-bond donors (Lipinski definition) is 1. The van der Waals surface area contributed by atoms with E-state index in [0.29, 0.717) is 5.02 Å². The van der Waals surface area contributed by atoms with Gasteiger partial charge in [0.25, 0.3) is 0 Å². The van der Waals surface area contributed by atoms with Gasteiger partial charge in [-0.25, -0.2) is 4.39 Å². The summed E-state index contributed by atoms with van der Waals surface area (Å²) >= 11 is 8.84. The number of carbonyl (C=O) groups is 1. The van der Waals surface area contributed by atoms with Gasteiger partial charge in [-0.15, -0.1) is 0 Å². The molecule has 0 fully saturated rings. The molecule has 1 rings (SSSR count). The summed E-state index contributed by atoms with van der Waals surface area (Å²) in [5.41, 5.74) is 0.281. The van der Waals surface area contributed by atoms with Crippen LogP contribution < -0.4 is 5.32 Å². The molecule has 0 radical (unpaired) electrons. The first-order valence-corrected chi connectivity index (χ1v) is 5.20. The summed E-state index contributed by atoms with van der Waals surface area (Å²) in [6.07, 6.45) is 0. The first-order chi connectivity index (χ1) is 6.50. The normalized spacial score (nSPS) is 12.3. The molecule has 1 amide bonds. The summed E-state index contributed by atoms with van der Waals surface area (Å²) in [5.74, 6) is -0.704. The molecule has 76 valence electrons. The fourth-order valence-electron chi connectivity index (χ4n) is 0.825. The smallest absolute Gasteiger partial charge is 0.237 e. The van der Waals surface area contributed by atoms with E-state index in [4.69, 9.17) is 11.6 Å². The number of halogens is 3. The van der Waals surface area contributed by atoms with Crippen molar-refractivity contribution in [3.8, 4) is 0 Å². The molecular weight excluding hydrogens is 272 g/mol. The van der Waals surface area contributed by atoms with Crippen molar-refractivity contribution in [1.29, 1.82) is 0 Å². The van der Waals surface area contributed by atoms with Gasteiger partial charge in [-0.05, 0) is 25.1 Å². The highest BCUT2D eigenvalue weighted by Crippen LogP contribution is 2.22. The van der Waals surface area contributed by atoms with Crippen molar-refractivity contribution in [2.75, 3.05) is 5.32 Å². The monoisotopic (exact) mass is 279 g/mol. The van der Waals surface area contributed by atoms with E-state index in [1.807, 2.05) is 0 Å². The highest BCUT2D eigenvalue weighted by molar-refractivity contribution is 9.10. The van der Waals surface area contributed by atoms with E-state index in [0.717, 1.165) is 0 Å². The first kappa shape index (κ1) is 11.5. The van der Waals surface area contributed by atoms with Crippen LogP contribution in [0.4, 0.5) is 10.1 Å². The van der Waals surface area contributed by atoms with Crippen LogP contribution in [0.1, 0.15) is 6.92 Å². The second kappa shape index (κ2) is 4.75. The molecule has 0 aliphatic rings. The maximum absolute atomic E-state index is 12.8. The number of rotatable bonds is 2. The van der Waals surface area contributed by atoms with Crippen LogP contribution in [0.5, 0.6) is 0 Å². The number of benzene rings is 1. The van der Waals surface area contributed by atoms with Gasteiger partial charge >= 0.3 is 0 Å². The summed E-state index contributed by atoms with van der Waals surface area (Å²) < 4.78 is 12.8. The van der Waals surface area contributed by atoms with E-state index in [9.17, 15) is 9.18 Å². The fraction of sp³-hybridized carbons (Fsp3) is 0.222. The average molecular weight is 281 g/mol. The van der Waals surface area contributed by atoms with Crippen LogP contribution in [0.2, 0.25) is 5.02 Å². The molecule has 14 heavy (non-hydrogen) atoms. The van der Waals surface area contributed by atoms with Gasteiger partial charge in [0.15, 0.2) is 0 Å². The van der Waals surface area contributed by atoms with Crippen LogP contribution in [0.3, 0.4) is 0 Å². The van der Waals surface area contributed by atoms with Crippen LogP contribution in [0.15, 0.2) is 18.2 Å². The molecule has 0 saturated heterocycles. The molecule has 5 heteroatoms. The van der Waals surface area contributed by atoms with Gasteiger partial charge in [0.1, 0.15) is 5.82 Å². The largest absolute Gasteiger partial charge is 0.324 e. The standard InChI is InChI=1S/C9H8BrClFNO/c1-5(10)9(14)13-8-4-6(12)2-3-7(8)11/h2-5H,1H3,(H,13,14). The lowest BCUT2D eigenvalue weighted by molar-refractivity contribution is -0.115. The van der Waals surface area contributed by atoms with E-state index >= 15 is 0 Å². The van der Waals surface area contributed by atoms with E-state index in [-0.39, 0.29) is 16.4 Å². The SMILES string of the molecule is CC(Br)C(=O)Nc1cc(F)ccc1Cl. The van der Waals surface area contributed by atoms with E-state index < -0.39 is 5.82 Å². The van der Waals surface area contributed by atoms with E-state index in [1.165, 1.54) is 18.2 Å². The molecular formula is C9H8BrClFNO. The van der Waals surface area contributed by atoms with Crippen LogP contribution in [-0.2, 0) is 4.79 Å². The zero-order valence-electron chi connectivity index (χ0n) is 7.35. The summed E-state index contributed by atoms with van der Waals surface area (Å²) in [6.45, 7) is 1.67. The highest BCUT2D eigenvalue weighted by Gasteiger charge is 2.11. The molecule has 0 spiro atoms. The Morgan fingerprint density at radius 2 is 2.29 bits per heavy atom. The van der Waals surface area contributed by atoms with Gasteiger partial charge in [-0.3, -0.25) is 4.79 Å². The summed E-state index contributed by atoms with van der Waals surface area (Å²) in [7, 11) is 0. The Morgan fingerprint density at radius 3 is 2.86 bits per heavy atom. The van der Waals surface area contributed by atoms with Gasteiger partial charge in [0.2, 0.25) is 5.91 Å². The van der Waals surface area contributed by atoms with Crippen molar-refractivity contribution in [3.63, 3.8) is 0 Å². The zero-order valence-corrected chi connectivity index (χ0v) is 9.69. The Hall–Kier alpha value is -0.610. The van der Waals surface area contributed by atoms with Gasteiger partial charge in [-0.1, -0.05) is 27.5 Å². The van der Waals surface area contributed by atoms with E-state index in [2.05, 4.69) is 21.2 Å². The Labute approximate surface area is 94.6 Å². The van der Waals surface area contributed by atoms with Crippen LogP contribution >= 0.6 is 27.5 Å². The van der Waals surface area contributed by atoms with Gasteiger partial charge < -0.3 is 5.32 Å². The third kappa shape index (κ3) is 2.96. The minimum absolute atomic E-state index is 0.266. The lowest BCUT2D eigenvalue weighted by Gasteiger charge is -2.08. The van der Waals surface area contributed by atoms with Crippen LogP contribution in [0.25, 0.3) is 0 Å². The maximum atomic E-state index is 12.8. The van der Waals surface area contributed by atoms with E-state index in [1.54, 1.807) is 6.92 Å². The lowest BCUT2D eigenvalue weighted by atomic mass is 10.3. The van der Waals surface area contributed by atoms with Crippen molar-refractivity contribution in [3.05, 3.63) is 29.0 Å². The minimum Gasteiger partial charge on any atom is -0.324 e. The Kier molecular flexibility index (Phi) is 3.89. The zero-order chi connectivity index (χ0) is 10.7. The second-order valence-electron chi connectivity index (χ2n) is 2.73. The average Bonchev–Trinajstić information content (AvgIpc) is 2.11. The predicted molar refractivity (Wildman–Crippen MR) is 58.4 cm³/mol. The number of carbonyl (C=O) groups excluding carboxylic acids is 1. The van der Waals surface area contributed by atoms with Crippen LogP contribution in [-0.4, -0.2) is 10.7 Å². The highest BCUT2D eigenvalue weighted by atomic mass is 79.9. The third-order valence-electron chi connectivity index (χ3n) is 1.55. The number of anilines is 1. The van der Waals surface area contributed by atoms with Crippen molar-refractivity contribution < 1.29 is 9.18 Å². The molecule has 1 atom stereocenters. The molecule has 0 saturated carbocycles. The summed E-state index contributed by atoms with van der Waals surface area (Å²) in [6, 6.07) is 3.80. The molecule has 1 N–H and O–H groups in total. The van der Waals surface area contributed by atoms with Crippen molar-refractivity contribution >= 4 is 39.1 Å². The molecule has 1 aromatic rings. The van der Waals surface area contributed by atoms with Crippen LogP contribution in [0, 0.1) is 5.82 Å². The molecule has 0 aliphatic carbocycles. The molecule has 2 nitrogen and oxygen atoms in total. The summed E-state index contributed by atoms with van der Waals surface area (Å²) in [5, 5.41) is 2.81. The van der Waals surface area contributed by atoms with Gasteiger partial charge in [0.05, 0.1) is 15.5 Å². The first-order valence-electron chi connectivity index (χ1n) is 3.90.